The minimum absolute atomic E-state index is 0.147. The van der Waals surface area contributed by atoms with E-state index in [2.05, 4.69) is 42.5 Å². The number of anilines is 1. The van der Waals surface area contributed by atoms with Crippen LogP contribution >= 0.6 is 11.6 Å². The number of nitrogens with zero attached hydrogens (tertiary/aromatic N) is 1. The predicted molar refractivity (Wildman–Crippen MR) is 180 cm³/mol. The number of hydrogen-bond donors (Lipinski definition) is 1. The van der Waals surface area contributed by atoms with Crippen LogP contribution in [-0.4, -0.2) is 55.1 Å². The third-order valence-electron chi connectivity index (χ3n) is 10.7. The highest BCUT2D eigenvalue weighted by Gasteiger charge is 2.43. The summed E-state index contributed by atoms with van der Waals surface area (Å²) in [6, 6.07) is 11.9. The normalized spacial score (nSPS) is 31.6. The zero-order valence-electron chi connectivity index (χ0n) is 27.0. The summed E-state index contributed by atoms with van der Waals surface area (Å²) in [5.41, 5.74) is 4.00. The third-order valence-corrected chi connectivity index (χ3v) is 12.2. The molecule has 45 heavy (non-hydrogen) atoms. The van der Waals surface area contributed by atoms with Crippen molar-refractivity contribution in [2.45, 2.75) is 77.9 Å². The minimum atomic E-state index is -1.47. The van der Waals surface area contributed by atoms with Gasteiger partial charge in [-0.3, -0.25) is 9.52 Å². The number of halogens is 1. The molecule has 2 aromatic carbocycles. The van der Waals surface area contributed by atoms with Crippen LogP contribution in [0.4, 0.5) is 5.69 Å². The molecule has 2 bridgehead atoms. The Morgan fingerprint density at radius 3 is 2.53 bits per heavy atom. The first-order valence-corrected chi connectivity index (χ1v) is 18.7. The summed E-state index contributed by atoms with van der Waals surface area (Å²) in [5.74, 6) is 2.96. The average Bonchev–Trinajstić information content (AvgIpc) is 3.20. The molecule has 1 saturated carbocycles. The van der Waals surface area contributed by atoms with E-state index in [4.69, 9.17) is 25.8 Å². The molecule has 1 saturated heterocycles. The lowest BCUT2D eigenvalue weighted by molar-refractivity contribution is -0.224. The lowest BCUT2D eigenvalue weighted by Crippen LogP contribution is -2.47. The van der Waals surface area contributed by atoms with Gasteiger partial charge in [-0.15, -0.1) is 0 Å². The molecule has 4 aliphatic rings. The molecule has 3 aliphatic heterocycles. The number of carbonyl (C=O) groups excluding carboxylic acids is 1. The maximum atomic E-state index is 13.4. The van der Waals surface area contributed by atoms with Crippen LogP contribution in [0.5, 0.6) is 5.75 Å². The number of benzene rings is 2. The molecule has 3 heterocycles. The fourth-order valence-corrected chi connectivity index (χ4v) is 9.18. The van der Waals surface area contributed by atoms with Gasteiger partial charge in [0, 0.05) is 41.3 Å². The van der Waals surface area contributed by atoms with Crippen LogP contribution in [0.25, 0.3) is 0 Å². The van der Waals surface area contributed by atoms with Gasteiger partial charge in [0.1, 0.15) is 16.7 Å². The Hall–Kier alpha value is -2.13. The first-order chi connectivity index (χ1) is 21.8. The van der Waals surface area contributed by atoms with Crippen LogP contribution in [-0.2, 0) is 26.9 Å². The van der Waals surface area contributed by atoms with Crippen molar-refractivity contribution in [3.63, 3.8) is 0 Å². The molecule has 0 aromatic heterocycles. The summed E-state index contributed by atoms with van der Waals surface area (Å²) in [6.07, 6.45) is 7.17. The molecule has 2 fully saturated rings. The minimum Gasteiger partial charge on any atom is -0.491 e. The predicted octanol–water partition coefficient (Wildman–Crippen LogP) is 7.14. The van der Waals surface area contributed by atoms with Crippen molar-refractivity contribution in [3.8, 4) is 5.75 Å². The molecule has 1 aliphatic carbocycles. The molecule has 9 heteroatoms. The number of fused-ring (bicyclic) bond motifs is 2. The van der Waals surface area contributed by atoms with Gasteiger partial charge in [0.15, 0.2) is 6.29 Å². The van der Waals surface area contributed by atoms with E-state index in [0.29, 0.717) is 41.6 Å². The Morgan fingerprint density at radius 1 is 0.978 bits per heavy atom. The number of nitrogens with one attached hydrogen (secondary N) is 1. The quantitative estimate of drug-likeness (QED) is 0.377. The monoisotopic (exact) mass is 656 g/mol. The zero-order chi connectivity index (χ0) is 31.5. The van der Waals surface area contributed by atoms with Crippen LogP contribution in [0.15, 0.2) is 36.4 Å². The van der Waals surface area contributed by atoms with Gasteiger partial charge < -0.3 is 19.1 Å². The van der Waals surface area contributed by atoms with Gasteiger partial charge in [-0.25, -0.2) is 4.21 Å². The highest BCUT2D eigenvalue weighted by Crippen LogP contribution is 2.47. The van der Waals surface area contributed by atoms with Crippen molar-refractivity contribution < 1.29 is 23.2 Å². The van der Waals surface area contributed by atoms with Gasteiger partial charge in [-0.05, 0) is 104 Å². The standard InChI is InChI=1S/C36H49ClN2O5S/c1-4-6-25-17-29(37)10-13-30(25)28-20-39-19-27-8-12-31(27)32(36-42-15-5-16-43-36)11-7-23(2)24(3)22-45(41)38-35(40)26-9-14-34(44-21-28)33(39)18-26/h9-10,13-14,17-18,23-24,27-28,31-32,36H,4-8,11-12,15-16,19-22H2,1-3H3,(H,38,40)/t23-,24?,27?,28?,31?,32?,45?/m0/s1. The summed E-state index contributed by atoms with van der Waals surface area (Å²) in [4.78, 5) is 15.8. The van der Waals surface area contributed by atoms with E-state index in [1.807, 2.05) is 18.2 Å². The second-order valence-corrected chi connectivity index (χ2v) is 15.5. The number of aryl methyl sites for hydroxylation is 1. The number of ether oxygens (including phenoxy) is 3. The number of carbonyl (C=O) groups is 1. The highest BCUT2D eigenvalue weighted by atomic mass is 35.5. The van der Waals surface area contributed by atoms with Crippen LogP contribution in [0.3, 0.4) is 0 Å². The summed E-state index contributed by atoms with van der Waals surface area (Å²) < 4.78 is 34.9. The number of hydrogen-bond acceptors (Lipinski definition) is 6. The molecule has 7 atom stereocenters. The Morgan fingerprint density at radius 2 is 1.78 bits per heavy atom. The van der Waals surface area contributed by atoms with E-state index in [0.717, 1.165) is 74.9 Å². The third kappa shape index (κ3) is 7.55. The van der Waals surface area contributed by atoms with E-state index < -0.39 is 11.0 Å². The highest BCUT2D eigenvalue weighted by molar-refractivity contribution is 7.83. The number of amides is 1. The second-order valence-electron chi connectivity index (χ2n) is 13.8. The maximum absolute atomic E-state index is 13.4. The van der Waals surface area contributed by atoms with E-state index in [-0.39, 0.29) is 24.0 Å². The van der Waals surface area contributed by atoms with E-state index in [1.54, 1.807) is 6.07 Å². The van der Waals surface area contributed by atoms with E-state index >= 15 is 0 Å². The molecule has 246 valence electrons. The molecule has 0 radical (unpaired) electrons. The molecule has 6 rings (SSSR count). The van der Waals surface area contributed by atoms with Crippen molar-refractivity contribution in [2.75, 3.05) is 43.6 Å². The summed E-state index contributed by atoms with van der Waals surface area (Å²) >= 11 is 6.45. The van der Waals surface area contributed by atoms with Crippen LogP contribution in [0, 0.1) is 29.6 Å². The Bertz CT molecular complexity index is 1370. The van der Waals surface area contributed by atoms with Gasteiger partial charge in [0.05, 0.1) is 25.5 Å². The molecular weight excluding hydrogens is 608 g/mol. The SMILES string of the molecule is CCCc1cc(Cl)ccc1C1COc2ccc3cc2N(C1)CC1CCC1C(C1OCCCO1)CC[C@H](C)C(C)CS(=O)NC3=O. The van der Waals surface area contributed by atoms with Crippen LogP contribution in [0.2, 0.25) is 5.02 Å². The molecule has 1 amide bonds. The summed E-state index contributed by atoms with van der Waals surface area (Å²) in [5, 5.41) is 0.761. The van der Waals surface area contributed by atoms with Gasteiger partial charge >= 0.3 is 0 Å². The molecule has 2 aromatic rings. The Balaban J connectivity index is 1.36. The van der Waals surface area contributed by atoms with Crippen LogP contribution < -0.4 is 14.4 Å². The molecule has 6 unspecified atom stereocenters. The van der Waals surface area contributed by atoms with Crippen molar-refractivity contribution in [3.05, 3.63) is 58.1 Å². The number of rotatable bonds is 4. The van der Waals surface area contributed by atoms with E-state index in [9.17, 15) is 9.00 Å². The van der Waals surface area contributed by atoms with Crippen molar-refractivity contribution in [1.82, 2.24) is 4.72 Å². The first-order valence-electron chi connectivity index (χ1n) is 17.0. The van der Waals surface area contributed by atoms with Gasteiger partial charge in [0.25, 0.3) is 5.91 Å². The largest absolute Gasteiger partial charge is 0.491 e. The molecular formula is C36H49ClN2O5S. The summed E-state index contributed by atoms with van der Waals surface area (Å²) in [7, 11) is -1.47. The molecule has 0 spiro atoms. The zero-order valence-corrected chi connectivity index (χ0v) is 28.5. The molecule has 1 N–H and O–H groups in total. The maximum Gasteiger partial charge on any atom is 0.263 e. The van der Waals surface area contributed by atoms with Gasteiger partial charge in [0.2, 0.25) is 0 Å². The summed E-state index contributed by atoms with van der Waals surface area (Å²) in [6.45, 7) is 10.3. The smallest absolute Gasteiger partial charge is 0.263 e. The fraction of sp³-hybridized carbons (Fsp3) is 0.639. The lowest BCUT2D eigenvalue weighted by Gasteiger charge is -2.47. The van der Waals surface area contributed by atoms with Crippen molar-refractivity contribution in [1.29, 1.82) is 0 Å². The van der Waals surface area contributed by atoms with Crippen molar-refractivity contribution in [2.24, 2.45) is 29.6 Å². The average molecular weight is 657 g/mol. The second kappa shape index (κ2) is 14.7. The van der Waals surface area contributed by atoms with Gasteiger partial charge in [-0.1, -0.05) is 44.9 Å². The van der Waals surface area contributed by atoms with Gasteiger partial charge in [-0.2, -0.15) is 0 Å². The lowest BCUT2D eigenvalue weighted by atomic mass is 9.64. The van der Waals surface area contributed by atoms with Crippen molar-refractivity contribution >= 4 is 34.2 Å². The topological polar surface area (TPSA) is 77.1 Å². The van der Waals surface area contributed by atoms with E-state index in [1.165, 1.54) is 24.0 Å². The Kier molecular flexibility index (Phi) is 10.7. The fourth-order valence-electron chi connectivity index (χ4n) is 7.78. The first kappa shape index (κ1) is 32.8. The van der Waals surface area contributed by atoms with Crippen LogP contribution in [0.1, 0.15) is 86.7 Å². The Labute approximate surface area is 276 Å². The molecule has 7 nitrogen and oxygen atoms in total.